The third-order valence-electron chi connectivity index (χ3n) is 5.47. The fraction of sp³-hybridized carbons (Fsp3) is 0.762. The monoisotopic (exact) mass is 519 g/mol. The largest absolute Gasteiger partial charge is 0.468 e. The van der Waals surface area contributed by atoms with Crippen LogP contribution in [0.5, 0.6) is 0 Å². The zero-order chi connectivity index (χ0) is 26.2. The van der Waals surface area contributed by atoms with Crippen LogP contribution in [0.15, 0.2) is 0 Å². The van der Waals surface area contributed by atoms with Gasteiger partial charge >= 0.3 is 17.9 Å². The molecule has 200 valence electrons. The molecule has 1 aliphatic heterocycles. The Labute approximate surface area is 211 Å². The molecule has 0 radical (unpaired) electrons. The molecule has 0 aromatic carbocycles. The van der Waals surface area contributed by atoms with Gasteiger partial charge < -0.3 is 19.5 Å². The van der Waals surface area contributed by atoms with Crippen LogP contribution in [-0.2, 0) is 38.2 Å². The first kappa shape index (κ1) is 30.8. The van der Waals surface area contributed by atoms with Crippen LogP contribution in [-0.4, -0.2) is 155 Å². The van der Waals surface area contributed by atoms with Crippen molar-refractivity contribution in [3.8, 4) is 0 Å². The molecular formula is C21H37N5O8S. The molecule has 0 aromatic rings. The molecule has 13 nitrogen and oxygen atoms in total. The molecule has 1 saturated heterocycles. The van der Waals surface area contributed by atoms with Crippen LogP contribution in [0.4, 0.5) is 0 Å². The van der Waals surface area contributed by atoms with E-state index >= 15 is 0 Å². The van der Waals surface area contributed by atoms with Gasteiger partial charge in [-0.25, -0.2) is 0 Å². The summed E-state index contributed by atoms with van der Waals surface area (Å²) < 4.78 is 14.4. The Morgan fingerprint density at radius 3 is 1.14 bits per heavy atom. The Bertz CT molecular complexity index is 692. The summed E-state index contributed by atoms with van der Waals surface area (Å²) in [5, 5.41) is 2.07. The van der Waals surface area contributed by atoms with E-state index in [-0.39, 0.29) is 44.6 Å². The van der Waals surface area contributed by atoms with E-state index in [9.17, 15) is 24.0 Å². The lowest BCUT2D eigenvalue weighted by Gasteiger charge is -2.33. The third-order valence-corrected chi connectivity index (χ3v) is 5.63. The van der Waals surface area contributed by atoms with E-state index in [1.807, 2.05) is 19.6 Å². The molecule has 35 heavy (non-hydrogen) atoms. The van der Waals surface area contributed by atoms with Gasteiger partial charge in [-0.15, -0.1) is 12.6 Å². The van der Waals surface area contributed by atoms with Crippen LogP contribution in [0.3, 0.4) is 0 Å². The van der Waals surface area contributed by atoms with Gasteiger partial charge in [-0.3, -0.25) is 43.6 Å². The van der Waals surface area contributed by atoms with Crippen molar-refractivity contribution >= 4 is 41.6 Å². The average Bonchev–Trinajstić information content (AvgIpc) is 2.83. The number of methoxy groups -OCH3 is 3. The summed E-state index contributed by atoms with van der Waals surface area (Å²) in [4.78, 5) is 66.7. The lowest BCUT2D eigenvalue weighted by Crippen LogP contribution is -2.50. The van der Waals surface area contributed by atoms with Crippen molar-refractivity contribution < 1.29 is 38.2 Å². The number of ether oxygens (including phenoxy) is 3. The Balaban J connectivity index is 3.00. The van der Waals surface area contributed by atoms with Gasteiger partial charge in [0, 0.05) is 52.4 Å². The molecule has 1 aliphatic rings. The highest BCUT2D eigenvalue weighted by atomic mass is 32.1. The fourth-order valence-corrected chi connectivity index (χ4v) is 3.46. The van der Waals surface area contributed by atoms with Crippen LogP contribution in [0.2, 0.25) is 0 Å². The SMILES string of the molecule is COC(=O)CN1CCN(CC(=O)NCC(=O)S)CCN(CC(=O)OC)CCN(CC(=O)OC)CC1. The van der Waals surface area contributed by atoms with Crippen molar-refractivity contribution in [3.05, 3.63) is 0 Å². The van der Waals surface area contributed by atoms with Crippen LogP contribution >= 0.6 is 12.6 Å². The van der Waals surface area contributed by atoms with Gasteiger partial charge in [-0.1, -0.05) is 0 Å². The number of hydrogen-bond acceptors (Lipinski definition) is 12. The summed E-state index contributed by atoms with van der Waals surface area (Å²) in [5.74, 6) is -1.49. The van der Waals surface area contributed by atoms with Gasteiger partial charge in [0.05, 0.1) is 54.1 Å². The summed E-state index contributed by atoms with van der Waals surface area (Å²) >= 11 is 3.66. The number of amides is 1. The molecule has 1 heterocycles. The highest BCUT2D eigenvalue weighted by Gasteiger charge is 2.21. The molecule has 1 fully saturated rings. The summed E-state index contributed by atoms with van der Waals surface area (Å²) in [5.41, 5.74) is 0. The topological polar surface area (TPSA) is 138 Å². The molecule has 1 N–H and O–H groups in total. The van der Waals surface area contributed by atoms with E-state index in [2.05, 4.69) is 17.9 Å². The van der Waals surface area contributed by atoms with Crippen molar-refractivity contribution in [1.82, 2.24) is 24.9 Å². The van der Waals surface area contributed by atoms with E-state index in [0.29, 0.717) is 52.4 Å². The maximum atomic E-state index is 12.3. The summed E-state index contributed by atoms with van der Waals surface area (Å²) in [6.45, 7) is 3.75. The minimum atomic E-state index is -0.447. The van der Waals surface area contributed by atoms with E-state index in [1.54, 1.807) is 0 Å². The number of carbonyl (C=O) groups is 5. The Morgan fingerprint density at radius 1 is 0.600 bits per heavy atom. The van der Waals surface area contributed by atoms with Crippen LogP contribution in [0.1, 0.15) is 0 Å². The standard InChI is InChI=1S/C21H37N5O8S/c1-32-18(28)14-24-6-4-23(13-17(27)22-12-21(31)35)5-7-25(15-19(29)33-2)9-11-26(10-8-24)16-20(30)34-3/h4-16H2,1-3H3,(H,22,27)(H,31,35). The predicted molar refractivity (Wildman–Crippen MR) is 129 cm³/mol. The minimum absolute atomic E-state index is 0.0354. The van der Waals surface area contributed by atoms with Gasteiger partial charge in [0.1, 0.15) is 0 Å². The molecule has 14 heteroatoms. The molecule has 0 spiro atoms. The molecule has 0 saturated carbocycles. The number of rotatable bonds is 10. The van der Waals surface area contributed by atoms with Gasteiger partial charge in [0.15, 0.2) is 0 Å². The molecule has 1 rings (SSSR count). The lowest BCUT2D eigenvalue weighted by molar-refractivity contribution is -0.144. The van der Waals surface area contributed by atoms with Crippen molar-refractivity contribution in [3.63, 3.8) is 0 Å². The van der Waals surface area contributed by atoms with E-state index in [4.69, 9.17) is 14.2 Å². The van der Waals surface area contributed by atoms with Crippen LogP contribution < -0.4 is 5.32 Å². The van der Waals surface area contributed by atoms with Crippen LogP contribution in [0, 0.1) is 0 Å². The third kappa shape index (κ3) is 14.0. The highest BCUT2D eigenvalue weighted by Crippen LogP contribution is 2.02. The molecule has 1 amide bonds. The number of carbonyl (C=O) groups excluding carboxylic acids is 5. The first-order valence-electron chi connectivity index (χ1n) is 11.2. The molecular weight excluding hydrogens is 482 g/mol. The van der Waals surface area contributed by atoms with Gasteiger partial charge in [0.2, 0.25) is 11.0 Å². The van der Waals surface area contributed by atoms with Crippen LogP contribution in [0.25, 0.3) is 0 Å². The zero-order valence-electron chi connectivity index (χ0n) is 20.7. The van der Waals surface area contributed by atoms with Gasteiger partial charge in [-0.2, -0.15) is 0 Å². The van der Waals surface area contributed by atoms with Gasteiger partial charge in [0.25, 0.3) is 0 Å². The second kappa shape index (κ2) is 17.2. The second-order valence-corrected chi connectivity index (χ2v) is 8.50. The molecule has 0 bridgehead atoms. The van der Waals surface area contributed by atoms with Crippen molar-refractivity contribution in [2.24, 2.45) is 0 Å². The van der Waals surface area contributed by atoms with E-state index in [0.717, 1.165) is 0 Å². The second-order valence-electron chi connectivity index (χ2n) is 8.00. The quantitative estimate of drug-likeness (QED) is 0.176. The highest BCUT2D eigenvalue weighted by molar-refractivity contribution is 7.96. The zero-order valence-corrected chi connectivity index (χ0v) is 21.6. The first-order valence-corrected chi connectivity index (χ1v) is 11.7. The molecule has 0 unspecified atom stereocenters. The normalized spacial score (nSPS) is 17.5. The maximum Gasteiger partial charge on any atom is 0.319 e. The van der Waals surface area contributed by atoms with Crippen molar-refractivity contribution in [2.75, 3.05) is 106 Å². The summed E-state index contributed by atoms with van der Waals surface area (Å²) in [7, 11) is 3.96. The predicted octanol–water partition coefficient (Wildman–Crippen LogP) is -2.70. The first-order chi connectivity index (χ1) is 16.7. The Hall–Kier alpha value is -2.26. The number of esters is 3. The van der Waals surface area contributed by atoms with Crippen molar-refractivity contribution in [2.45, 2.75) is 0 Å². The van der Waals surface area contributed by atoms with Crippen molar-refractivity contribution in [1.29, 1.82) is 0 Å². The number of hydrogen-bond donors (Lipinski definition) is 2. The van der Waals surface area contributed by atoms with E-state index in [1.165, 1.54) is 21.3 Å². The Morgan fingerprint density at radius 2 is 0.886 bits per heavy atom. The number of thiol groups is 1. The van der Waals surface area contributed by atoms with E-state index < -0.39 is 17.1 Å². The average molecular weight is 520 g/mol. The number of nitrogens with one attached hydrogen (secondary N) is 1. The molecule has 0 aliphatic carbocycles. The molecule has 0 aromatic heterocycles. The van der Waals surface area contributed by atoms with Gasteiger partial charge in [-0.05, 0) is 0 Å². The lowest BCUT2D eigenvalue weighted by atomic mass is 10.3. The Kier molecular flexibility index (Phi) is 15.1. The fourth-order valence-electron chi connectivity index (χ4n) is 3.39. The summed E-state index contributed by atoms with van der Waals surface area (Å²) in [6.07, 6.45) is 0. The molecule has 0 atom stereocenters. The number of nitrogens with zero attached hydrogens (tertiary/aromatic N) is 4. The maximum absolute atomic E-state index is 12.3. The summed E-state index contributed by atoms with van der Waals surface area (Å²) in [6, 6.07) is 0. The smallest absolute Gasteiger partial charge is 0.319 e. The minimum Gasteiger partial charge on any atom is -0.468 e.